The van der Waals surface area contributed by atoms with Crippen LogP contribution >= 0.6 is 0 Å². The first-order valence-electron chi connectivity index (χ1n) is 11.5. The number of aliphatic hydroxyl groups is 1. The highest BCUT2D eigenvalue weighted by molar-refractivity contribution is 5.87. The largest absolute Gasteiger partial charge is 0.496 e. The maximum atomic E-state index is 13.1. The number of aliphatic hydroxyl groups excluding tert-OH is 1. The number of ether oxygens (including phenoxy) is 1. The minimum absolute atomic E-state index is 0.196. The highest BCUT2D eigenvalue weighted by Crippen LogP contribution is 2.31. The third-order valence-corrected chi connectivity index (χ3v) is 6.45. The fraction of sp³-hybridized carbons (Fsp3) is 0.308. The summed E-state index contributed by atoms with van der Waals surface area (Å²) < 4.78 is 6.65. The van der Waals surface area contributed by atoms with Crippen molar-refractivity contribution in [1.29, 1.82) is 0 Å². The molecule has 1 aliphatic rings. The van der Waals surface area contributed by atoms with Crippen LogP contribution in [0.2, 0.25) is 0 Å². The van der Waals surface area contributed by atoms with Crippen LogP contribution in [0.3, 0.4) is 0 Å². The SMILES string of the molecule is COc1cccc(-c2ccc3c(=O)n(-c4ncc(N[C@H]5CCC[C@H](O)C5)cn4)ncc3c2)c1C. The van der Waals surface area contributed by atoms with Crippen molar-refractivity contribution in [1.82, 2.24) is 19.7 Å². The molecule has 0 bridgehead atoms. The second-order valence-corrected chi connectivity index (χ2v) is 8.73. The first kappa shape index (κ1) is 22.0. The summed E-state index contributed by atoms with van der Waals surface area (Å²) in [5.41, 5.74) is 3.55. The van der Waals surface area contributed by atoms with E-state index in [0.29, 0.717) is 11.8 Å². The van der Waals surface area contributed by atoms with E-state index in [-0.39, 0.29) is 23.7 Å². The van der Waals surface area contributed by atoms with E-state index in [2.05, 4.69) is 20.4 Å². The van der Waals surface area contributed by atoms with E-state index in [9.17, 15) is 9.90 Å². The molecular formula is C26H27N5O3. The van der Waals surface area contributed by atoms with Crippen LogP contribution in [0.5, 0.6) is 5.75 Å². The molecule has 34 heavy (non-hydrogen) atoms. The zero-order valence-corrected chi connectivity index (χ0v) is 19.2. The minimum Gasteiger partial charge on any atom is -0.496 e. The van der Waals surface area contributed by atoms with E-state index < -0.39 is 0 Å². The molecule has 0 spiro atoms. The van der Waals surface area contributed by atoms with Gasteiger partial charge in [-0.1, -0.05) is 18.2 Å². The lowest BCUT2D eigenvalue weighted by atomic mass is 9.93. The molecule has 1 fully saturated rings. The van der Waals surface area contributed by atoms with E-state index in [1.807, 2.05) is 43.3 Å². The van der Waals surface area contributed by atoms with E-state index in [4.69, 9.17) is 4.74 Å². The van der Waals surface area contributed by atoms with Crippen LogP contribution in [0.25, 0.3) is 27.8 Å². The van der Waals surface area contributed by atoms with Crippen molar-refractivity contribution in [3.05, 3.63) is 70.9 Å². The molecule has 1 aliphatic carbocycles. The zero-order chi connectivity index (χ0) is 23.7. The lowest BCUT2D eigenvalue weighted by Crippen LogP contribution is -2.30. The van der Waals surface area contributed by atoms with Gasteiger partial charge in [0.15, 0.2) is 0 Å². The van der Waals surface area contributed by atoms with Crippen molar-refractivity contribution in [2.45, 2.75) is 44.8 Å². The van der Waals surface area contributed by atoms with Crippen LogP contribution in [0.15, 0.2) is 59.8 Å². The molecule has 0 radical (unpaired) electrons. The van der Waals surface area contributed by atoms with Crippen LogP contribution in [-0.4, -0.2) is 44.1 Å². The Morgan fingerprint density at radius 2 is 1.94 bits per heavy atom. The summed E-state index contributed by atoms with van der Waals surface area (Å²) in [4.78, 5) is 21.8. The second-order valence-electron chi connectivity index (χ2n) is 8.73. The molecule has 1 saturated carbocycles. The number of rotatable bonds is 5. The van der Waals surface area contributed by atoms with Crippen LogP contribution < -0.4 is 15.6 Å². The molecule has 4 aromatic rings. The summed E-state index contributed by atoms with van der Waals surface area (Å²) in [7, 11) is 1.66. The molecule has 2 aromatic heterocycles. The highest BCUT2D eigenvalue weighted by Gasteiger charge is 2.20. The zero-order valence-electron chi connectivity index (χ0n) is 19.2. The molecule has 0 aliphatic heterocycles. The van der Waals surface area contributed by atoms with Gasteiger partial charge in [-0.05, 0) is 67.5 Å². The number of methoxy groups -OCH3 is 1. The van der Waals surface area contributed by atoms with Crippen molar-refractivity contribution in [3.63, 3.8) is 0 Å². The van der Waals surface area contributed by atoms with Gasteiger partial charge in [-0.3, -0.25) is 4.79 Å². The molecule has 0 amide bonds. The number of nitrogens with zero attached hydrogens (tertiary/aromatic N) is 4. The van der Waals surface area contributed by atoms with E-state index in [0.717, 1.165) is 52.8 Å². The van der Waals surface area contributed by atoms with Gasteiger partial charge in [0, 0.05) is 11.4 Å². The Hall–Kier alpha value is -3.78. The summed E-state index contributed by atoms with van der Waals surface area (Å²) in [6, 6.07) is 11.8. The third kappa shape index (κ3) is 4.24. The monoisotopic (exact) mass is 457 g/mol. The summed E-state index contributed by atoms with van der Waals surface area (Å²) in [6.45, 7) is 2.01. The summed E-state index contributed by atoms with van der Waals surface area (Å²) >= 11 is 0. The molecule has 0 saturated heterocycles. The summed E-state index contributed by atoms with van der Waals surface area (Å²) in [6.07, 6.45) is 8.26. The Morgan fingerprint density at radius 1 is 1.12 bits per heavy atom. The molecule has 8 heteroatoms. The van der Waals surface area contributed by atoms with Crippen LogP contribution in [0.4, 0.5) is 5.69 Å². The molecule has 2 aromatic carbocycles. The Balaban J connectivity index is 1.42. The Kier molecular flexibility index (Phi) is 5.98. The van der Waals surface area contributed by atoms with Gasteiger partial charge in [0.05, 0.1) is 42.9 Å². The molecule has 0 unspecified atom stereocenters. The molecular weight excluding hydrogens is 430 g/mol. The number of aromatic nitrogens is 4. The van der Waals surface area contributed by atoms with Gasteiger partial charge in [0.25, 0.3) is 11.5 Å². The lowest BCUT2D eigenvalue weighted by molar-refractivity contribution is 0.124. The van der Waals surface area contributed by atoms with E-state index in [1.54, 1.807) is 25.7 Å². The number of hydrogen-bond acceptors (Lipinski definition) is 7. The van der Waals surface area contributed by atoms with Gasteiger partial charge >= 0.3 is 0 Å². The molecule has 5 rings (SSSR count). The first-order chi connectivity index (χ1) is 16.5. The van der Waals surface area contributed by atoms with Crippen molar-refractivity contribution >= 4 is 16.5 Å². The maximum Gasteiger partial charge on any atom is 0.282 e. The maximum absolute atomic E-state index is 13.1. The summed E-state index contributed by atoms with van der Waals surface area (Å²) in [5.74, 6) is 1.04. The van der Waals surface area contributed by atoms with Crippen LogP contribution in [0.1, 0.15) is 31.2 Å². The van der Waals surface area contributed by atoms with Gasteiger partial charge in [0.2, 0.25) is 0 Å². The van der Waals surface area contributed by atoms with Crippen LogP contribution in [-0.2, 0) is 0 Å². The number of hydrogen-bond donors (Lipinski definition) is 2. The quantitative estimate of drug-likeness (QED) is 0.469. The number of benzene rings is 2. The smallest absolute Gasteiger partial charge is 0.282 e. The van der Waals surface area contributed by atoms with Gasteiger partial charge in [-0.15, -0.1) is 0 Å². The molecule has 8 nitrogen and oxygen atoms in total. The second kappa shape index (κ2) is 9.23. The predicted octanol–water partition coefficient (Wildman–Crippen LogP) is 3.88. The van der Waals surface area contributed by atoms with Gasteiger partial charge in [-0.25, -0.2) is 9.97 Å². The standard InChI is InChI=1S/C26H27N5O3/c1-16-22(7-4-8-24(16)34-2)17-9-10-23-18(11-17)13-29-31(25(23)33)26-27-14-20(15-28-26)30-19-5-3-6-21(32)12-19/h4,7-11,13-15,19,21,30,32H,3,5-6,12H2,1-2H3/t19-,21-/m0/s1. The topological polar surface area (TPSA) is 102 Å². The molecule has 174 valence electrons. The third-order valence-electron chi connectivity index (χ3n) is 6.45. The number of anilines is 1. The van der Waals surface area contributed by atoms with E-state index >= 15 is 0 Å². The van der Waals surface area contributed by atoms with Crippen LogP contribution in [0, 0.1) is 6.92 Å². The van der Waals surface area contributed by atoms with Crippen molar-refractivity contribution < 1.29 is 9.84 Å². The number of fused-ring (bicyclic) bond motifs is 1. The van der Waals surface area contributed by atoms with Gasteiger partial charge in [-0.2, -0.15) is 9.78 Å². The average molecular weight is 458 g/mol. The Bertz CT molecular complexity index is 1380. The van der Waals surface area contributed by atoms with Gasteiger partial charge < -0.3 is 15.2 Å². The Morgan fingerprint density at radius 3 is 2.71 bits per heavy atom. The van der Waals surface area contributed by atoms with E-state index in [1.165, 1.54) is 4.68 Å². The molecule has 2 atom stereocenters. The van der Waals surface area contributed by atoms with Crippen molar-refractivity contribution in [3.8, 4) is 22.8 Å². The molecule has 2 N–H and O–H groups in total. The van der Waals surface area contributed by atoms with Crippen molar-refractivity contribution in [2.75, 3.05) is 12.4 Å². The lowest BCUT2D eigenvalue weighted by Gasteiger charge is -2.27. The van der Waals surface area contributed by atoms with Gasteiger partial charge in [0.1, 0.15) is 5.75 Å². The first-order valence-corrected chi connectivity index (χ1v) is 11.5. The van der Waals surface area contributed by atoms with Crippen molar-refractivity contribution in [2.24, 2.45) is 0 Å². The fourth-order valence-electron chi connectivity index (χ4n) is 4.65. The predicted molar refractivity (Wildman–Crippen MR) is 132 cm³/mol. The minimum atomic E-state index is -0.275. The average Bonchev–Trinajstić information content (AvgIpc) is 2.85. The summed E-state index contributed by atoms with van der Waals surface area (Å²) in [5, 5.41) is 18.8. The molecule has 2 heterocycles. The highest BCUT2D eigenvalue weighted by atomic mass is 16.5. The fourth-order valence-corrected chi connectivity index (χ4v) is 4.65. The Labute approximate surface area is 197 Å². The number of nitrogens with one attached hydrogen (secondary N) is 1. The normalized spacial score (nSPS) is 18.1.